The summed E-state index contributed by atoms with van der Waals surface area (Å²) < 4.78 is 11.6. The number of esters is 2. The molecule has 0 spiro atoms. The molecule has 7 nitrogen and oxygen atoms in total. The van der Waals surface area contributed by atoms with Crippen molar-refractivity contribution in [3.05, 3.63) is 34.9 Å². The summed E-state index contributed by atoms with van der Waals surface area (Å²) in [6, 6.07) is 7.22. The Labute approximate surface area is 441 Å². The standard InChI is InChI=1S/C64H118N2O5/c1-8-13-18-21-22-23-25-34-44-61(45-35-27-28-37-47-63(68)70-52-49-57(40-30-16-11-4)41-31-17-12-5)66(62(67)46-39-50-65(6)7)51-38-29-24-26-36-48-64(69)71-56-60-54-58(42-32-19-14-9-2)53-59(55-60)43-33-20-15-10-3/h53-55,57,61H,8-52,56H2,1-7H3. The third-order valence-corrected chi connectivity index (χ3v) is 15.0. The number of hydrogen-bond donors (Lipinski definition) is 0. The predicted molar refractivity (Wildman–Crippen MR) is 305 cm³/mol. The first-order chi connectivity index (χ1) is 34.7. The normalized spacial score (nSPS) is 12.0. The van der Waals surface area contributed by atoms with Crippen molar-refractivity contribution in [1.82, 2.24) is 9.80 Å². The number of aryl methyl sites for hydroxylation is 2. The molecule has 0 aliphatic rings. The zero-order chi connectivity index (χ0) is 51.8. The Kier molecular flexibility index (Phi) is 45.5. The van der Waals surface area contributed by atoms with Gasteiger partial charge in [0.2, 0.25) is 5.91 Å². The molecular weight excluding hydrogens is 877 g/mol. The average Bonchev–Trinajstić information content (AvgIpc) is 3.35. The van der Waals surface area contributed by atoms with Crippen molar-refractivity contribution in [1.29, 1.82) is 0 Å². The van der Waals surface area contributed by atoms with E-state index in [-0.39, 0.29) is 18.0 Å². The van der Waals surface area contributed by atoms with E-state index in [0.717, 1.165) is 115 Å². The van der Waals surface area contributed by atoms with Gasteiger partial charge in [0.15, 0.2) is 0 Å². The van der Waals surface area contributed by atoms with E-state index in [0.29, 0.717) is 44.3 Å². The monoisotopic (exact) mass is 995 g/mol. The van der Waals surface area contributed by atoms with Crippen LogP contribution in [0.2, 0.25) is 0 Å². The van der Waals surface area contributed by atoms with Crippen LogP contribution in [-0.2, 0) is 43.3 Å². The zero-order valence-corrected chi connectivity index (χ0v) is 48.3. The third kappa shape index (κ3) is 39.7. The second kappa shape index (κ2) is 48.5. The molecule has 1 aromatic rings. The van der Waals surface area contributed by atoms with E-state index < -0.39 is 0 Å². The molecule has 0 radical (unpaired) electrons. The lowest BCUT2D eigenvalue weighted by atomic mass is 9.92. The largest absolute Gasteiger partial charge is 0.466 e. The van der Waals surface area contributed by atoms with Crippen molar-refractivity contribution in [3.63, 3.8) is 0 Å². The van der Waals surface area contributed by atoms with Gasteiger partial charge >= 0.3 is 11.9 Å². The second-order valence-corrected chi connectivity index (χ2v) is 22.2. The summed E-state index contributed by atoms with van der Waals surface area (Å²) in [4.78, 5) is 44.2. The Morgan fingerprint density at radius 2 is 0.817 bits per heavy atom. The predicted octanol–water partition coefficient (Wildman–Crippen LogP) is 18.4. The maximum absolute atomic E-state index is 14.1. The summed E-state index contributed by atoms with van der Waals surface area (Å²) in [7, 11) is 4.18. The van der Waals surface area contributed by atoms with Crippen molar-refractivity contribution in [2.24, 2.45) is 5.92 Å². The first-order valence-corrected chi connectivity index (χ1v) is 31.0. The third-order valence-electron chi connectivity index (χ3n) is 15.0. The molecule has 0 aliphatic heterocycles. The van der Waals surface area contributed by atoms with E-state index in [9.17, 15) is 14.4 Å². The van der Waals surface area contributed by atoms with Crippen molar-refractivity contribution in [2.45, 2.75) is 317 Å². The number of rotatable bonds is 52. The quantitative estimate of drug-likeness (QED) is 0.0478. The highest BCUT2D eigenvalue weighted by Crippen LogP contribution is 2.24. The lowest BCUT2D eigenvalue weighted by Gasteiger charge is -2.33. The number of benzene rings is 1. The minimum atomic E-state index is -0.0873. The number of unbranched alkanes of at least 4 members (excludes halogenated alkanes) is 24. The first-order valence-electron chi connectivity index (χ1n) is 31.0. The number of ether oxygens (including phenoxy) is 2. The number of carbonyl (C=O) groups excluding carboxylic acids is 3. The van der Waals surface area contributed by atoms with Gasteiger partial charge in [0.25, 0.3) is 0 Å². The van der Waals surface area contributed by atoms with Crippen LogP contribution in [0.4, 0.5) is 0 Å². The van der Waals surface area contributed by atoms with E-state index in [1.54, 1.807) is 0 Å². The van der Waals surface area contributed by atoms with Gasteiger partial charge in [0.05, 0.1) is 6.61 Å². The van der Waals surface area contributed by atoms with Gasteiger partial charge in [-0.2, -0.15) is 0 Å². The Balaban J connectivity index is 2.74. The molecule has 0 saturated heterocycles. The Bertz CT molecular complexity index is 1340. The fourth-order valence-electron chi connectivity index (χ4n) is 10.4. The summed E-state index contributed by atoms with van der Waals surface area (Å²) in [6.45, 7) is 14.0. The fraction of sp³-hybridized carbons (Fsp3) is 0.859. The topological polar surface area (TPSA) is 76.1 Å². The van der Waals surface area contributed by atoms with Crippen LogP contribution in [0.1, 0.15) is 308 Å². The number of carbonyl (C=O) groups is 3. The summed E-state index contributed by atoms with van der Waals surface area (Å²) in [5, 5.41) is 0. The number of hydrogen-bond acceptors (Lipinski definition) is 6. The lowest BCUT2D eigenvalue weighted by Crippen LogP contribution is -2.41. The van der Waals surface area contributed by atoms with Crippen LogP contribution in [0.5, 0.6) is 0 Å². The first kappa shape index (κ1) is 66.6. The molecule has 1 rings (SSSR count). The van der Waals surface area contributed by atoms with Gasteiger partial charge in [-0.1, -0.05) is 233 Å². The van der Waals surface area contributed by atoms with E-state index in [1.165, 1.54) is 165 Å². The van der Waals surface area contributed by atoms with Gasteiger partial charge < -0.3 is 19.3 Å². The summed E-state index contributed by atoms with van der Waals surface area (Å²) in [6.07, 6.45) is 47.6. The van der Waals surface area contributed by atoms with Gasteiger partial charge in [0, 0.05) is 31.8 Å². The number of amides is 1. The molecule has 7 heteroatoms. The molecule has 0 N–H and O–H groups in total. The van der Waals surface area contributed by atoms with E-state index in [1.807, 2.05) is 0 Å². The highest BCUT2D eigenvalue weighted by Gasteiger charge is 2.23. The SMILES string of the molecule is CCCCCCCCCCC(CCCCCCC(=O)OCCC(CCCCC)CCCCC)N(CCCCCCCC(=O)OCc1cc(CCCCCC)cc(CCCCCC)c1)C(=O)CCCN(C)C. The smallest absolute Gasteiger partial charge is 0.306 e. The minimum absolute atomic E-state index is 0.0283. The molecule has 1 unspecified atom stereocenters. The molecule has 0 saturated carbocycles. The second-order valence-electron chi connectivity index (χ2n) is 22.2. The maximum Gasteiger partial charge on any atom is 0.306 e. The molecule has 0 bridgehead atoms. The Hall–Kier alpha value is -2.41. The average molecular weight is 996 g/mol. The van der Waals surface area contributed by atoms with Crippen LogP contribution in [0.3, 0.4) is 0 Å². The summed E-state index contributed by atoms with van der Waals surface area (Å²) >= 11 is 0. The van der Waals surface area contributed by atoms with E-state index in [4.69, 9.17) is 9.47 Å². The van der Waals surface area contributed by atoms with Gasteiger partial charge in [-0.05, 0) is 114 Å². The van der Waals surface area contributed by atoms with Crippen LogP contribution in [-0.4, -0.2) is 67.5 Å². The van der Waals surface area contributed by atoms with Crippen LogP contribution in [0.15, 0.2) is 18.2 Å². The van der Waals surface area contributed by atoms with E-state index in [2.05, 4.69) is 76.7 Å². The van der Waals surface area contributed by atoms with Crippen LogP contribution < -0.4 is 0 Å². The molecule has 414 valence electrons. The Morgan fingerprint density at radius 1 is 0.408 bits per heavy atom. The molecule has 0 heterocycles. The van der Waals surface area contributed by atoms with Crippen molar-refractivity contribution in [3.8, 4) is 0 Å². The molecule has 1 amide bonds. The van der Waals surface area contributed by atoms with Crippen molar-refractivity contribution in [2.75, 3.05) is 33.8 Å². The van der Waals surface area contributed by atoms with Gasteiger partial charge in [-0.3, -0.25) is 14.4 Å². The molecule has 0 aliphatic carbocycles. The number of nitrogens with zero attached hydrogens (tertiary/aromatic N) is 2. The van der Waals surface area contributed by atoms with Gasteiger partial charge in [-0.15, -0.1) is 0 Å². The molecule has 71 heavy (non-hydrogen) atoms. The van der Waals surface area contributed by atoms with Crippen LogP contribution >= 0.6 is 0 Å². The van der Waals surface area contributed by atoms with Crippen molar-refractivity contribution >= 4 is 17.8 Å². The highest BCUT2D eigenvalue weighted by atomic mass is 16.5. The molecule has 0 fully saturated rings. The van der Waals surface area contributed by atoms with Gasteiger partial charge in [0.1, 0.15) is 6.61 Å². The Morgan fingerprint density at radius 3 is 1.32 bits per heavy atom. The summed E-state index contributed by atoms with van der Waals surface area (Å²) in [5.74, 6) is 0.894. The highest BCUT2D eigenvalue weighted by molar-refractivity contribution is 5.76. The zero-order valence-electron chi connectivity index (χ0n) is 48.3. The molecule has 0 aromatic heterocycles. The van der Waals surface area contributed by atoms with Gasteiger partial charge in [-0.25, -0.2) is 0 Å². The molecule has 1 atom stereocenters. The molecular formula is C64H118N2O5. The van der Waals surface area contributed by atoms with E-state index >= 15 is 0 Å². The maximum atomic E-state index is 14.1. The fourth-order valence-corrected chi connectivity index (χ4v) is 10.4. The van der Waals surface area contributed by atoms with Crippen LogP contribution in [0.25, 0.3) is 0 Å². The van der Waals surface area contributed by atoms with Crippen LogP contribution in [0, 0.1) is 5.92 Å². The minimum Gasteiger partial charge on any atom is -0.466 e. The molecule has 1 aromatic carbocycles. The van der Waals surface area contributed by atoms with Crippen molar-refractivity contribution < 1.29 is 23.9 Å². The summed E-state index contributed by atoms with van der Waals surface area (Å²) in [5.41, 5.74) is 3.92. The lowest BCUT2D eigenvalue weighted by molar-refractivity contribution is -0.145.